The lowest BCUT2D eigenvalue weighted by Crippen LogP contribution is -2.40. The van der Waals surface area contributed by atoms with Crippen LogP contribution in [0.2, 0.25) is 0 Å². The highest BCUT2D eigenvalue weighted by Gasteiger charge is 2.17. The third-order valence-corrected chi connectivity index (χ3v) is 4.33. The number of benzene rings is 1. The van der Waals surface area contributed by atoms with E-state index >= 15 is 0 Å². The van der Waals surface area contributed by atoms with Crippen LogP contribution < -0.4 is 16.0 Å². The molecule has 2 rings (SSSR count). The van der Waals surface area contributed by atoms with Gasteiger partial charge in [0.25, 0.3) is 0 Å². The number of rotatable bonds is 7. The molecule has 1 aromatic carbocycles. The molecule has 106 valence electrons. The van der Waals surface area contributed by atoms with E-state index in [2.05, 4.69) is 37.5 Å². The molecule has 0 fully saturated rings. The molecule has 1 aromatic rings. The molecule has 1 unspecified atom stereocenters. The minimum absolute atomic E-state index is 0.416. The van der Waals surface area contributed by atoms with E-state index in [4.69, 9.17) is 10.6 Å². The largest absolute Gasteiger partial charge is 0.493 e. The van der Waals surface area contributed by atoms with Crippen LogP contribution in [-0.4, -0.2) is 12.6 Å². The van der Waals surface area contributed by atoms with Gasteiger partial charge in [-0.15, -0.1) is 0 Å². The molecule has 0 aromatic heterocycles. The molecule has 0 saturated carbocycles. The highest BCUT2D eigenvalue weighted by molar-refractivity contribution is 5.39. The molecule has 0 spiro atoms. The van der Waals surface area contributed by atoms with Crippen LogP contribution in [0, 0.1) is 5.92 Å². The number of hydrogen-bond donors (Lipinski definition) is 2. The van der Waals surface area contributed by atoms with Crippen molar-refractivity contribution in [1.82, 2.24) is 5.43 Å². The van der Waals surface area contributed by atoms with Crippen LogP contribution in [0.25, 0.3) is 0 Å². The molecule has 1 atom stereocenters. The molecule has 1 aliphatic heterocycles. The van der Waals surface area contributed by atoms with Crippen molar-refractivity contribution in [1.29, 1.82) is 0 Å². The number of aryl methyl sites for hydroxylation is 1. The summed E-state index contributed by atoms with van der Waals surface area (Å²) in [5.41, 5.74) is 5.76. The summed E-state index contributed by atoms with van der Waals surface area (Å²) in [5.74, 6) is 7.45. The highest BCUT2D eigenvalue weighted by Crippen LogP contribution is 2.27. The lowest BCUT2D eigenvalue weighted by atomic mass is 9.90. The molecular weight excluding hydrogens is 236 g/mol. The maximum absolute atomic E-state index is 5.71. The Kier molecular flexibility index (Phi) is 5.23. The standard InChI is InChI=1S/C16H26N2O/c1-3-13(4-2)15(18-17)7-5-12-6-8-16-14(11-12)9-10-19-16/h6,8,11,13,15,18H,3-5,7,9-10,17H2,1-2H3. The smallest absolute Gasteiger partial charge is 0.122 e. The van der Waals surface area contributed by atoms with Gasteiger partial charge in [-0.1, -0.05) is 38.8 Å². The van der Waals surface area contributed by atoms with Crippen molar-refractivity contribution in [2.45, 2.75) is 52.0 Å². The Bertz CT molecular complexity index is 402. The second kappa shape index (κ2) is 6.92. The van der Waals surface area contributed by atoms with E-state index < -0.39 is 0 Å². The van der Waals surface area contributed by atoms with Crippen LogP contribution in [0.5, 0.6) is 5.75 Å². The van der Waals surface area contributed by atoms with Gasteiger partial charge in [-0.25, -0.2) is 0 Å². The average molecular weight is 262 g/mol. The Morgan fingerprint density at radius 1 is 1.32 bits per heavy atom. The predicted molar refractivity (Wildman–Crippen MR) is 79.1 cm³/mol. The summed E-state index contributed by atoms with van der Waals surface area (Å²) < 4.78 is 5.54. The van der Waals surface area contributed by atoms with E-state index in [9.17, 15) is 0 Å². The summed E-state index contributed by atoms with van der Waals surface area (Å²) in [4.78, 5) is 0. The predicted octanol–water partition coefficient (Wildman–Crippen LogP) is 2.82. The fourth-order valence-electron chi connectivity index (χ4n) is 3.03. The molecule has 0 amide bonds. The molecule has 3 N–H and O–H groups in total. The van der Waals surface area contributed by atoms with Gasteiger partial charge in [0.15, 0.2) is 0 Å². The first kappa shape index (κ1) is 14.4. The van der Waals surface area contributed by atoms with Crippen molar-refractivity contribution in [2.24, 2.45) is 11.8 Å². The first-order valence-electron chi connectivity index (χ1n) is 7.49. The van der Waals surface area contributed by atoms with Crippen molar-refractivity contribution in [3.63, 3.8) is 0 Å². The number of fused-ring (bicyclic) bond motifs is 1. The third kappa shape index (κ3) is 3.48. The number of ether oxygens (including phenoxy) is 1. The van der Waals surface area contributed by atoms with Crippen molar-refractivity contribution in [3.05, 3.63) is 29.3 Å². The van der Waals surface area contributed by atoms with E-state index in [1.807, 2.05) is 0 Å². The molecule has 0 bridgehead atoms. The zero-order valence-electron chi connectivity index (χ0n) is 12.1. The normalized spacial score (nSPS) is 15.4. The van der Waals surface area contributed by atoms with Gasteiger partial charge in [0, 0.05) is 12.5 Å². The Morgan fingerprint density at radius 3 is 2.79 bits per heavy atom. The van der Waals surface area contributed by atoms with Crippen molar-refractivity contribution >= 4 is 0 Å². The van der Waals surface area contributed by atoms with Gasteiger partial charge < -0.3 is 4.74 Å². The first-order chi connectivity index (χ1) is 9.28. The molecule has 19 heavy (non-hydrogen) atoms. The maximum Gasteiger partial charge on any atom is 0.122 e. The lowest BCUT2D eigenvalue weighted by molar-refractivity contribution is 0.321. The third-order valence-electron chi connectivity index (χ3n) is 4.33. The number of hydrogen-bond acceptors (Lipinski definition) is 3. The molecular formula is C16H26N2O. The van der Waals surface area contributed by atoms with Gasteiger partial charge in [0.2, 0.25) is 0 Å². The zero-order valence-corrected chi connectivity index (χ0v) is 12.1. The summed E-state index contributed by atoms with van der Waals surface area (Å²) in [6.07, 6.45) is 5.60. The summed E-state index contributed by atoms with van der Waals surface area (Å²) in [7, 11) is 0. The van der Waals surface area contributed by atoms with Crippen LogP contribution in [0.4, 0.5) is 0 Å². The number of nitrogens with one attached hydrogen (secondary N) is 1. The monoisotopic (exact) mass is 262 g/mol. The van der Waals surface area contributed by atoms with Crippen LogP contribution in [0.15, 0.2) is 18.2 Å². The minimum atomic E-state index is 0.416. The average Bonchev–Trinajstić information content (AvgIpc) is 2.90. The van der Waals surface area contributed by atoms with E-state index in [-0.39, 0.29) is 0 Å². The molecule has 3 heteroatoms. The first-order valence-corrected chi connectivity index (χ1v) is 7.49. The van der Waals surface area contributed by atoms with E-state index in [1.165, 1.54) is 24.0 Å². The minimum Gasteiger partial charge on any atom is -0.493 e. The summed E-state index contributed by atoms with van der Waals surface area (Å²) in [6.45, 7) is 5.32. The summed E-state index contributed by atoms with van der Waals surface area (Å²) in [6, 6.07) is 7.01. The van der Waals surface area contributed by atoms with E-state index in [0.717, 1.165) is 31.6 Å². The second-order valence-electron chi connectivity index (χ2n) is 5.43. The fraction of sp³-hybridized carbons (Fsp3) is 0.625. The van der Waals surface area contributed by atoms with Crippen molar-refractivity contribution in [3.8, 4) is 5.75 Å². The molecule has 1 heterocycles. The lowest BCUT2D eigenvalue weighted by Gasteiger charge is -2.24. The maximum atomic E-state index is 5.71. The van der Waals surface area contributed by atoms with Crippen molar-refractivity contribution < 1.29 is 4.74 Å². The quantitative estimate of drug-likeness (QED) is 0.587. The Balaban J connectivity index is 1.93. The van der Waals surface area contributed by atoms with Crippen LogP contribution in [-0.2, 0) is 12.8 Å². The molecule has 0 saturated heterocycles. The van der Waals surface area contributed by atoms with Gasteiger partial charge in [-0.05, 0) is 36.0 Å². The van der Waals surface area contributed by atoms with Gasteiger partial charge in [-0.3, -0.25) is 11.3 Å². The highest BCUT2D eigenvalue weighted by atomic mass is 16.5. The molecule has 0 radical (unpaired) electrons. The molecule has 1 aliphatic rings. The topological polar surface area (TPSA) is 47.3 Å². The van der Waals surface area contributed by atoms with Crippen molar-refractivity contribution in [2.75, 3.05) is 6.61 Å². The van der Waals surface area contributed by atoms with Gasteiger partial charge in [-0.2, -0.15) is 0 Å². The Morgan fingerprint density at radius 2 is 2.11 bits per heavy atom. The summed E-state index contributed by atoms with van der Waals surface area (Å²) in [5, 5.41) is 0. The van der Waals surface area contributed by atoms with E-state index in [0.29, 0.717) is 12.0 Å². The van der Waals surface area contributed by atoms with Gasteiger partial charge in [0.05, 0.1) is 6.61 Å². The van der Waals surface area contributed by atoms with Crippen LogP contribution >= 0.6 is 0 Å². The van der Waals surface area contributed by atoms with Gasteiger partial charge >= 0.3 is 0 Å². The molecule has 3 nitrogen and oxygen atoms in total. The SMILES string of the molecule is CCC(CC)C(CCc1ccc2c(c1)CCO2)NN. The number of nitrogens with two attached hydrogens (primary N) is 1. The summed E-state index contributed by atoms with van der Waals surface area (Å²) >= 11 is 0. The zero-order chi connectivity index (χ0) is 13.7. The van der Waals surface area contributed by atoms with Crippen LogP contribution in [0.1, 0.15) is 44.2 Å². The Labute approximate surface area is 116 Å². The molecule has 0 aliphatic carbocycles. The Hall–Kier alpha value is -1.06. The fourth-order valence-corrected chi connectivity index (χ4v) is 3.03. The second-order valence-corrected chi connectivity index (χ2v) is 5.43. The van der Waals surface area contributed by atoms with E-state index in [1.54, 1.807) is 0 Å². The van der Waals surface area contributed by atoms with Crippen LogP contribution in [0.3, 0.4) is 0 Å². The van der Waals surface area contributed by atoms with Gasteiger partial charge in [0.1, 0.15) is 5.75 Å². The number of hydrazine groups is 1.